The van der Waals surface area contributed by atoms with Crippen LogP contribution < -0.4 is 11.1 Å². The molecule has 1 aliphatic heterocycles. The highest BCUT2D eigenvalue weighted by molar-refractivity contribution is 6.06. The van der Waals surface area contributed by atoms with Crippen LogP contribution in [0.5, 0.6) is 0 Å². The molecule has 0 bridgehead atoms. The molecule has 6 heteroatoms. The maximum absolute atomic E-state index is 12.8. The van der Waals surface area contributed by atoms with Crippen molar-refractivity contribution in [1.82, 2.24) is 4.90 Å². The summed E-state index contributed by atoms with van der Waals surface area (Å²) in [5.74, 6) is -0.310. The minimum absolute atomic E-state index is 0.218. The minimum atomic E-state index is -0.304. The quantitative estimate of drug-likeness (QED) is 0.674. The largest absolute Gasteiger partial charge is 0.459 e. The van der Waals surface area contributed by atoms with Crippen molar-refractivity contribution in [2.75, 3.05) is 11.9 Å². The van der Waals surface area contributed by atoms with Crippen LogP contribution in [0.2, 0.25) is 0 Å². The number of benzene rings is 2. The van der Waals surface area contributed by atoms with Gasteiger partial charge in [0.2, 0.25) is 5.91 Å². The number of rotatable bonds is 6. The van der Waals surface area contributed by atoms with Crippen LogP contribution in [0.1, 0.15) is 29.0 Å². The van der Waals surface area contributed by atoms with Gasteiger partial charge in [-0.2, -0.15) is 0 Å². The van der Waals surface area contributed by atoms with Crippen LogP contribution in [0.25, 0.3) is 11.1 Å². The lowest BCUT2D eigenvalue weighted by atomic mass is 10.1. The van der Waals surface area contributed by atoms with Gasteiger partial charge in [-0.25, -0.2) is 0 Å². The maximum atomic E-state index is 12.8. The van der Waals surface area contributed by atoms with Crippen molar-refractivity contribution in [3.63, 3.8) is 0 Å². The van der Waals surface area contributed by atoms with Crippen molar-refractivity contribution < 1.29 is 14.0 Å². The van der Waals surface area contributed by atoms with E-state index in [0.29, 0.717) is 12.2 Å². The smallest absolute Gasteiger partial charge is 0.292 e. The van der Waals surface area contributed by atoms with Crippen LogP contribution in [0.3, 0.4) is 0 Å². The molecular weight excluding hydrogens is 366 g/mol. The second-order valence-corrected chi connectivity index (χ2v) is 7.21. The van der Waals surface area contributed by atoms with Gasteiger partial charge in [-0.15, -0.1) is 0 Å². The van der Waals surface area contributed by atoms with Gasteiger partial charge < -0.3 is 15.5 Å². The molecule has 0 radical (unpaired) electrons. The van der Waals surface area contributed by atoms with Crippen molar-refractivity contribution >= 4 is 17.5 Å². The first kappa shape index (κ1) is 19.0. The number of nitrogens with zero attached hydrogens (tertiary/aromatic N) is 1. The molecular formula is C23H23N3O3. The fourth-order valence-electron chi connectivity index (χ4n) is 3.84. The molecule has 148 valence electrons. The summed E-state index contributed by atoms with van der Waals surface area (Å²) in [5.41, 5.74) is 8.87. The standard InChI is InChI=1S/C23H23N3O3/c24-22(27)20-10-5-12-26(20)15-16-6-4-9-18(14-16)25-23(28)21-19(11-13-29-21)17-7-2-1-3-8-17/h1-4,6-9,11,13-14,20H,5,10,12,15H2,(H2,24,27)(H,25,28). The summed E-state index contributed by atoms with van der Waals surface area (Å²) < 4.78 is 5.46. The zero-order valence-electron chi connectivity index (χ0n) is 16.0. The van der Waals surface area contributed by atoms with Gasteiger partial charge in [0.05, 0.1) is 12.3 Å². The number of carbonyl (C=O) groups is 2. The van der Waals surface area contributed by atoms with E-state index >= 15 is 0 Å². The fourth-order valence-corrected chi connectivity index (χ4v) is 3.84. The molecule has 29 heavy (non-hydrogen) atoms. The van der Waals surface area contributed by atoms with E-state index in [4.69, 9.17) is 10.2 Å². The summed E-state index contributed by atoms with van der Waals surface area (Å²) in [6, 6.07) is 18.8. The zero-order chi connectivity index (χ0) is 20.2. The molecule has 6 nitrogen and oxygen atoms in total. The molecule has 1 aliphatic rings. The number of amides is 2. The van der Waals surface area contributed by atoms with Crippen molar-refractivity contribution in [2.24, 2.45) is 5.73 Å². The van der Waals surface area contributed by atoms with Gasteiger partial charge in [0.25, 0.3) is 5.91 Å². The topological polar surface area (TPSA) is 88.6 Å². The summed E-state index contributed by atoms with van der Waals surface area (Å²) >= 11 is 0. The molecule has 2 amide bonds. The van der Waals surface area contributed by atoms with Crippen LogP contribution in [0.4, 0.5) is 5.69 Å². The van der Waals surface area contributed by atoms with Crippen LogP contribution in [0.15, 0.2) is 71.3 Å². The predicted molar refractivity (Wildman–Crippen MR) is 111 cm³/mol. The van der Waals surface area contributed by atoms with Gasteiger partial charge in [-0.3, -0.25) is 14.5 Å². The van der Waals surface area contributed by atoms with Gasteiger partial charge in [0, 0.05) is 17.8 Å². The molecule has 3 N–H and O–H groups in total. The normalized spacial score (nSPS) is 16.6. The highest BCUT2D eigenvalue weighted by Gasteiger charge is 2.28. The van der Waals surface area contributed by atoms with Crippen molar-refractivity contribution in [2.45, 2.75) is 25.4 Å². The first-order valence-electron chi connectivity index (χ1n) is 9.68. The van der Waals surface area contributed by atoms with Gasteiger partial charge in [-0.05, 0) is 48.7 Å². The Labute approximate surface area is 169 Å². The van der Waals surface area contributed by atoms with E-state index in [1.54, 1.807) is 6.07 Å². The number of nitrogens with two attached hydrogens (primary N) is 1. The molecule has 2 aromatic carbocycles. The first-order valence-corrected chi connectivity index (χ1v) is 9.68. The number of likely N-dealkylation sites (tertiary alicyclic amines) is 1. The Morgan fingerprint density at radius 2 is 1.93 bits per heavy atom. The minimum Gasteiger partial charge on any atom is -0.459 e. The molecule has 1 atom stereocenters. The fraction of sp³-hybridized carbons (Fsp3) is 0.217. The Balaban J connectivity index is 1.48. The maximum Gasteiger partial charge on any atom is 0.292 e. The van der Waals surface area contributed by atoms with Crippen LogP contribution in [0, 0.1) is 0 Å². The van der Waals surface area contributed by atoms with E-state index in [1.807, 2.05) is 54.6 Å². The summed E-state index contributed by atoms with van der Waals surface area (Å²) in [7, 11) is 0. The number of nitrogens with one attached hydrogen (secondary N) is 1. The van der Waals surface area contributed by atoms with Gasteiger partial charge in [-0.1, -0.05) is 42.5 Å². The molecule has 0 spiro atoms. The number of hydrogen-bond donors (Lipinski definition) is 2. The number of hydrogen-bond acceptors (Lipinski definition) is 4. The molecule has 1 aromatic heterocycles. The van der Waals surface area contributed by atoms with Crippen LogP contribution in [-0.2, 0) is 11.3 Å². The second kappa shape index (κ2) is 8.32. The Bertz CT molecular complexity index is 1010. The monoisotopic (exact) mass is 389 g/mol. The van der Waals surface area contributed by atoms with Gasteiger partial charge in [0.1, 0.15) is 0 Å². The molecule has 0 aliphatic carbocycles. The lowest BCUT2D eigenvalue weighted by molar-refractivity contribution is -0.122. The van der Waals surface area contributed by atoms with Crippen molar-refractivity contribution in [1.29, 1.82) is 0 Å². The third-order valence-corrected chi connectivity index (χ3v) is 5.22. The number of furan rings is 1. The number of primary amides is 1. The van der Waals surface area contributed by atoms with E-state index in [1.165, 1.54) is 6.26 Å². The second-order valence-electron chi connectivity index (χ2n) is 7.21. The van der Waals surface area contributed by atoms with E-state index < -0.39 is 0 Å². The Hall–Kier alpha value is -3.38. The Kier molecular flexibility index (Phi) is 5.44. The first-order chi connectivity index (χ1) is 14.1. The number of carbonyl (C=O) groups excluding carboxylic acids is 2. The molecule has 3 aromatic rings. The highest BCUT2D eigenvalue weighted by atomic mass is 16.3. The third-order valence-electron chi connectivity index (χ3n) is 5.22. The third kappa shape index (κ3) is 4.22. The highest BCUT2D eigenvalue weighted by Crippen LogP contribution is 2.26. The Morgan fingerprint density at radius 3 is 2.72 bits per heavy atom. The lowest BCUT2D eigenvalue weighted by Crippen LogP contribution is -2.39. The van der Waals surface area contributed by atoms with Gasteiger partial charge >= 0.3 is 0 Å². The SMILES string of the molecule is NC(=O)C1CCCN1Cc1cccc(NC(=O)c2occc2-c2ccccc2)c1. The summed E-state index contributed by atoms with van der Waals surface area (Å²) in [6.07, 6.45) is 3.28. The van der Waals surface area contributed by atoms with E-state index in [2.05, 4.69) is 10.2 Å². The summed E-state index contributed by atoms with van der Waals surface area (Å²) in [6.45, 7) is 1.46. The van der Waals surface area contributed by atoms with E-state index in [0.717, 1.165) is 36.1 Å². The average Bonchev–Trinajstić information content (AvgIpc) is 3.38. The van der Waals surface area contributed by atoms with Crippen LogP contribution >= 0.6 is 0 Å². The summed E-state index contributed by atoms with van der Waals surface area (Å²) in [5, 5.41) is 2.91. The average molecular weight is 389 g/mol. The zero-order valence-corrected chi connectivity index (χ0v) is 16.0. The van der Waals surface area contributed by atoms with Crippen LogP contribution in [-0.4, -0.2) is 29.3 Å². The molecule has 4 rings (SSSR count). The predicted octanol–water partition coefficient (Wildman–Crippen LogP) is 3.65. The molecule has 2 heterocycles. The van der Waals surface area contributed by atoms with Crippen molar-refractivity contribution in [3.05, 3.63) is 78.3 Å². The van der Waals surface area contributed by atoms with E-state index in [9.17, 15) is 9.59 Å². The van der Waals surface area contributed by atoms with E-state index in [-0.39, 0.29) is 23.6 Å². The van der Waals surface area contributed by atoms with Crippen molar-refractivity contribution in [3.8, 4) is 11.1 Å². The lowest BCUT2D eigenvalue weighted by Gasteiger charge is -2.22. The molecule has 1 fully saturated rings. The molecule has 1 saturated heterocycles. The molecule has 0 saturated carbocycles. The van der Waals surface area contributed by atoms with Gasteiger partial charge in [0.15, 0.2) is 5.76 Å². The number of anilines is 1. The summed E-state index contributed by atoms with van der Waals surface area (Å²) in [4.78, 5) is 26.5. The molecule has 1 unspecified atom stereocenters. The Morgan fingerprint density at radius 1 is 1.10 bits per heavy atom.